The summed E-state index contributed by atoms with van der Waals surface area (Å²) < 4.78 is 5.20. The molecule has 0 aliphatic carbocycles. The number of nitro benzene ring substituents is 1. The Labute approximate surface area is 128 Å². The van der Waals surface area contributed by atoms with E-state index >= 15 is 0 Å². The number of ether oxygens (including phenoxy) is 1. The summed E-state index contributed by atoms with van der Waals surface area (Å²) in [4.78, 5) is 10.5. The van der Waals surface area contributed by atoms with Crippen LogP contribution in [0.4, 0.5) is 5.69 Å². The Kier molecular flexibility index (Phi) is 5.22. The second-order valence-electron chi connectivity index (χ2n) is 4.66. The van der Waals surface area contributed by atoms with Gasteiger partial charge in [0.05, 0.1) is 12.0 Å². The van der Waals surface area contributed by atoms with Gasteiger partial charge in [0.15, 0.2) is 0 Å². The van der Waals surface area contributed by atoms with E-state index in [0.717, 1.165) is 17.1 Å². The first kappa shape index (κ1) is 15.4. The Hall–Kier alpha value is -2.01. The lowest BCUT2D eigenvalue weighted by Gasteiger charge is -2.12. The third-order valence-corrected chi connectivity index (χ3v) is 4.46. The minimum Gasteiger partial charge on any atom is -0.497 e. The van der Waals surface area contributed by atoms with Crippen LogP contribution in [0.1, 0.15) is 23.3 Å². The summed E-state index contributed by atoms with van der Waals surface area (Å²) >= 11 is 1.74. The Morgan fingerprint density at radius 2 is 2.00 bits per heavy atom. The highest BCUT2D eigenvalue weighted by molar-refractivity contribution is 7.98. The van der Waals surface area contributed by atoms with Gasteiger partial charge in [0.2, 0.25) is 0 Å². The average molecular weight is 303 g/mol. The Morgan fingerprint density at radius 3 is 2.71 bits per heavy atom. The molecule has 0 aliphatic rings. The average Bonchev–Trinajstić information content (AvgIpc) is 2.53. The van der Waals surface area contributed by atoms with Gasteiger partial charge in [-0.2, -0.15) is 0 Å². The maximum absolute atomic E-state index is 10.8. The van der Waals surface area contributed by atoms with E-state index in [-0.39, 0.29) is 15.9 Å². The number of nitrogens with zero attached hydrogens (tertiary/aromatic N) is 1. The third kappa shape index (κ3) is 4.23. The Bertz CT molecular complexity index is 630. The number of rotatable bonds is 6. The van der Waals surface area contributed by atoms with E-state index in [0.29, 0.717) is 0 Å². The SMILES string of the molecule is COc1cccc(CSC(C)c2cccc([N+](=O)[O-])c2)c1. The van der Waals surface area contributed by atoms with Crippen molar-refractivity contribution in [1.82, 2.24) is 0 Å². The summed E-state index contributed by atoms with van der Waals surface area (Å²) in [6, 6.07) is 14.8. The summed E-state index contributed by atoms with van der Waals surface area (Å²) in [5, 5.41) is 11.0. The van der Waals surface area contributed by atoms with Crippen molar-refractivity contribution in [2.75, 3.05) is 7.11 Å². The predicted molar refractivity (Wildman–Crippen MR) is 85.8 cm³/mol. The van der Waals surface area contributed by atoms with E-state index in [9.17, 15) is 10.1 Å². The molecule has 4 nitrogen and oxygen atoms in total. The second kappa shape index (κ2) is 7.13. The van der Waals surface area contributed by atoms with Crippen molar-refractivity contribution in [1.29, 1.82) is 0 Å². The normalized spacial score (nSPS) is 11.9. The van der Waals surface area contributed by atoms with Crippen LogP contribution in [0.2, 0.25) is 0 Å². The highest BCUT2D eigenvalue weighted by atomic mass is 32.2. The summed E-state index contributed by atoms with van der Waals surface area (Å²) in [6.45, 7) is 2.06. The quantitative estimate of drug-likeness (QED) is 0.578. The van der Waals surface area contributed by atoms with Gasteiger partial charge < -0.3 is 4.74 Å². The van der Waals surface area contributed by atoms with Gasteiger partial charge in [0.1, 0.15) is 5.75 Å². The van der Waals surface area contributed by atoms with Gasteiger partial charge in [0.25, 0.3) is 5.69 Å². The van der Waals surface area contributed by atoms with E-state index in [1.54, 1.807) is 31.0 Å². The van der Waals surface area contributed by atoms with Gasteiger partial charge in [-0.3, -0.25) is 10.1 Å². The van der Waals surface area contributed by atoms with E-state index < -0.39 is 0 Å². The van der Waals surface area contributed by atoms with Crippen molar-refractivity contribution in [3.8, 4) is 5.75 Å². The molecule has 0 saturated carbocycles. The maximum atomic E-state index is 10.8. The lowest BCUT2D eigenvalue weighted by Crippen LogP contribution is -1.93. The standard InChI is InChI=1S/C16H17NO3S/c1-12(14-6-4-7-15(10-14)17(18)19)21-11-13-5-3-8-16(9-13)20-2/h3-10,12H,11H2,1-2H3. The number of hydrogen-bond donors (Lipinski definition) is 0. The topological polar surface area (TPSA) is 52.4 Å². The molecule has 110 valence electrons. The van der Waals surface area contributed by atoms with E-state index in [1.165, 1.54) is 11.6 Å². The van der Waals surface area contributed by atoms with Crippen LogP contribution in [-0.4, -0.2) is 12.0 Å². The van der Waals surface area contributed by atoms with Crippen LogP contribution in [-0.2, 0) is 5.75 Å². The number of nitro groups is 1. The number of benzene rings is 2. The summed E-state index contributed by atoms with van der Waals surface area (Å²) in [5.74, 6) is 1.68. The fourth-order valence-electron chi connectivity index (χ4n) is 1.97. The lowest BCUT2D eigenvalue weighted by atomic mass is 10.1. The molecule has 0 aromatic heterocycles. The minimum absolute atomic E-state index is 0.140. The second-order valence-corrected chi connectivity index (χ2v) is 5.99. The summed E-state index contributed by atoms with van der Waals surface area (Å²) in [6.07, 6.45) is 0. The lowest BCUT2D eigenvalue weighted by molar-refractivity contribution is -0.384. The minimum atomic E-state index is -0.358. The molecule has 0 heterocycles. The molecule has 0 aliphatic heterocycles. The first-order chi connectivity index (χ1) is 10.1. The van der Waals surface area contributed by atoms with Gasteiger partial charge in [-0.25, -0.2) is 0 Å². The molecule has 21 heavy (non-hydrogen) atoms. The highest BCUT2D eigenvalue weighted by Crippen LogP contribution is 2.33. The molecule has 0 saturated heterocycles. The summed E-state index contributed by atoms with van der Waals surface area (Å²) in [7, 11) is 1.65. The first-order valence-corrected chi connectivity index (χ1v) is 7.64. The van der Waals surface area contributed by atoms with Crippen LogP contribution in [0.3, 0.4) is 0 Å². The van der Waals surface area contributed by atoms with E-state index in [1.807, 2.05) is 24.3 Å². The van der Waals surface area contributed by atoms with Crippen molar-refractivity contribution >= 4 is 17.4 Å². The van der Waals surface area contributed by atoms with Crippen molar-refractivity contribution in [3.63, 3.8) is 0 Å². The molecule has 2 aromatic carbocycles. The Balaban J connectivity index is 2.02. The van der Waals surface area contributed by atoms with Crippen molar-refractivity contribution < 1.29 is 9.66 Å². The van der Waals surface area contributed by atoms with Crippen molar-refractivity contribution in [3.05, 3.63) is 69.8 Å². The highest BCUT2D eigenvalue weighted by Gasteiger charge is 2.11. The predicted octanol–water partition coefficient (Wildman–Crippen LogP) is 4.60. The zero-order valence-corrected chi connectivity index (χ0v) is 12.8. The molecule has 1 unspecified atom stereocenters. The molecule has 1 atom stereocenters. The van der Waals surface area contributed by atoms with Crippen LogP contribution in [0.25, 0.3) is 0 Å². The van der Waals surface area contributed by atoms with Crippen LogP contribution in [0, 0.1) is 10.1 Å². The largest absolute Gasteiger partial charge is 0.497 e. The van der Waals surface area contributed by atoms with Crippen LogP contribution in [0.5, 0.6) is 5.75 Å². The molecule has 0 N–H and O–H groups in total. The molecule has 0 spiro atoms. The molecular weight excluding hydrogens is 286 g/mol. The Morgan fingerprint density at radius 1 is 1.24 bits per heavy atom. The zero-order valence-electron chi connectivity index (χ0n) is 12.0. The fraction of sp³-hybridized carbons (Fsp3) is 0.250. The molecule has 2 aromatic rings. The number of thioether (sulfide) groups is 1. The number of methoxy groups -OCH3 is 1. The summed E-state index contributed by atoms with van der Waals surface area (Å²) in [5.41, 5.74) is 2.29. The molecule has 5 heteroatoms. The molecule has 0 bridgehead atoms. The van der Waals surface area contributed by atoms with Gasteiger partial charge in [-0.15, -0.1) is 11.8 Å². The zero-order chi connectivity index (χ0) is 15.2. The first-order valence-electron chi connectivity index (χ1n) is 6.59. The number of hydrogen-bond acceptors (Lipinski definition) is 4. The van der Waals surface area contributed by atoms with Gasteiger partial charge >= 0.3 is 0 Å². The smallest absolute Gasteiger partial charge is 0.269 e. The van der Waals surface area contributed by atoms with Gasteiger partial charge in [-0.1, -0.05) is 24.3 Å². The molecule has 0 fully saturated rings. The third-order valence-electron chi connectivity index (χ3n) is 3.18. The molecule has 0 radical (unpaired) electrons. The fourth-order valence-corrected chi connectivity index (χ4v) is 2.93. The van der Waals surface area contributed by atoms with Crippen LogP contribution >= 0.6 is 11.8 Å². The molecule has 2 rings (SSSR count). The van der Waals surface area contributed by atoms with Crippen molar-refractivity contribution in [2.45, 2.75) is 17.9 Å². The van der Waals surface area contributed by atoms with Crippen LogP contribution in [0.15, 0.2) is 48.5 Å². The van der Waals surface area contributed by atoms with E-state index in [2.05, 4.69) is 13.0 Å². The van der Waals surface area contributed by atoms with Crippen LogP contribution < -0.4 is 4.74 Å². The maximum Gasteiger partial charge on any atom is 0.269 e. The van der Waals surface area contributed by atoms with Gasteiger partial charge in [-0.05, 0) is 30.2 Å². The van der Waals surface area contributed by atoms with Crippen molar-refractivity contribution in [2.24, 2.45) is 0 Å². The van der Waals surface area contributed by atoms with E-state index in [4.69, 9.17) is 4.74 Å². The van der Waals surface area contributed by atoms with Gasteiger partial charge in [0, 0.05) is 23.1 Å². The number of non-ortho nitro benzene ring substituents is 1. The monoisotopic (exact) mass is 303 g/mol. The molecule has 0 amide bonds. The molecular formula is C16H17NO3S.